The smallest absolute Gasteiger partial charge is 0.142 e. The lowest BCUT2D eigenvalue weighted by molar-refractivity contribution is 0.0000564. The topological polar surface area (TPSA) is 58.7 Å². The molecule has 0 spiro atoms. The second-order valence-electron chi connectivity index (χ2n) is 9.04. The lowest BCUT2D eigenvalue weighted by Crippen LogP contribution is -2.48. The molecule has 3 N–H and O–H groups in total. The van der Waals surface area contributed by atoms with Crippen LogP contribution in [0.25, 0.3) is 0 Å². The third-order valence-electron chi connectivity index (χ3n) is 5.62. The Hall–Kier alpha value is -2.82. The molecule has 31 heavy (non-hydrogen) atoms. The number of ether oxygens (including phenoxy) is 1. The first kappa shape index (κ1) is 22.9. The molecule has 0 aliphatic heterocycles. The maximum Gasteiger partial charge on any atom is 0.142 e. The van der Waals surface area contributed by atoms with Crippen LogP contribution >= 0.6 is 0 Å². The summed E-state index contributed by atoms with van der Waals surface area (Å²) in [5.74, 6) is 0.629. The molecule has 0 saturated carbocycles. The molecular weight excluding hydrogens is 384 g/mol. The molecule has 0 amide bonds. The van der Waals surface area contributed by atoms with Crippen LogP contribution in [0.3, 0.4) is 0 Å². The van der Waals surface area contributed by atoms with Crippen LogP contribution in [-0.4, -0.2) is 21.6 Å². The second kappa shape index (κ2) is 9.99. The van der Waals surface area contributed by atoms with Crippen molar-refractivity contribution in [1.29, 1.82) is 0 Å². The number of rotatable bonds is 8. The number of anilines is 1. The molecule has 4 heteroatoms. The second-order valence-corrected chi connectivity index (χ2v) is 9.04. The molecule has 0 saturated heterocycles. The summed E-state index contributed by atoms with van der Waals surface area (Å²) in [4.78, 5) is 2.32. The van der Waals surface area contributed by atoms with Crippen LogP contribution in [0.5, 0.6) is 5.75 Å². The van der Waals surface area contributed by atoms with Gasteiger partial charge < -0.3 is 15.6 Å². The quantitative estimate of drug-likeness (QED) is 0.470. The van der Waals surface area contributed by atoms with Gasteiger partial charge in [-0.1, -0.05) is 66.7 Å². The Morgan fingerprint density at radius 2 is 1.48 bits per heavy atom. The molecule has 0 bridgehead atoms. The minimum absolute atomic E-state index is 0.101. The zero-order valence-electron chi connectivity index (χ0n) is 19.0. The van der Waals surface area contributed by atoms with Gasteiger partial charge in [-0.2, -0.15) is 0 Å². The van der Waals surface area contributed by atoms with Gasteiger partial charge in [-0.05, 0) is 56.5 Å². The molecule has 0 aromatic heterocycles. The SMILES string of the molecule is CC(C(O)c1ccc(OCc2ccccc2)c(N)c1)N(Cc1ccccc1)C(C)(C)C. The van der Waals surface area contributed by atoms with Crippen molar-refractivity contribution in [2.24, 2.45) is 0 Å². The Morgan fingerprint density at radius 1 is 0.903 bits per heavy atom. The number of hydrogen-bond donors (Lipinski definition) is 2. The average Bonchev–Trinajstić information content (AvgIpc) is 2.76. The van der Waals surface area contributed by atoms with E-state index < -0.39 is 6.10 Å². The van der Waals surface area contributed by atoms with Crippen molar-refractivity contribution in [3.63, 3.8) is 0 Å². The van der Waals surface area contributed by atoms with E-state index in [4.69, 9.17) is 10.5 Å². The zero-order chi connectivity index (χ0) is 22.4. The average molecular weight is 419 g/mol. The van der Waals surface area contributed by atoms with E-state index in [9.17, 15) is 5.11 Å². The fourth-order valence-corrected chi connectivity index (χ4v) is 3.84. The van der Waals surface area contributed by atoms with Crippen LogP contribution in [0.4, 0.5) is 5.69 Å². The number of nitrogens with zero attached hydrogens (tertiary/aromatic N) is 1. The molecule has 3 rings (SSSR count). The minimum Gasteiger partial charge on any atom is -0.487 e. The lowest BCUT2D eigenvalue weighted by Gasteiger charge is -2.42. The fourth-order valence-electron chi connectivity index (χ4n) is 3.84. The Morgan fingerprint density at radius 3 is 2.03 bits per heavy atom. The zero-order valence-corrected chi connectivity index (χ0v) is 19.0. The van der Waals surface area contributed by atoms with Gasteiger partial charge >= 0.3 is 0 Å². The van der Waals surface area contributed by atoms with E-state index in [0.29, 0.717) is 18.0 Å². The predicted molar refractivity (Wildman–Crippen MR) is 128 cm³/mol. The summed E-state index contributed by atoms with van der Waals surface area (Å²) in [7, 11) is 0. The van der Waals surface area contributed by atoms with E-state index in [2.05, 4.69) is 44.7 Å². The molecule has 2 unspecified atom stereocenters. The first-order chi connectivity index (χ1) is 14.8. The summed E-state index contributed by atoms with van der Waals surface area (Å²) in [5.41, 5.74) is 9.78. The number of aliphatic hydroxyl groups is 1. The van der Waals surface area contributed by atoms with Crippen molar-refractivity contribution in [1.82, 2.24) is 4.90 Å². The Kier molecular flexibility index (Phi) is 7.37. The lowest BCUT2D eigenvalue weighted by atomic mass is 9.95. The van der Waals surface area contributed by atoms with Gasteiger partial charge in [0.05, 0.1) is 11.8 Å². The Bertz CT molecular complexity index is 952. The van der Waals surface area contributed by atoms with Crippen molar-refractivity contribution in [2.75, 3.05) is 5.73 Å². The normalized spacial score (nSPS) is 13.7. The molecular formula is C27H34N2O2. The first-order valence-corrected chi connectivity index (χ1v) is 10.8. The van der Waals surface area contributed by atoms with Crippen LogP contribution in [0.15, 0.2) is 78.9 Å². The maximum atomic E-state index is 11.2. The van der Waals surface area contributed by atoms with Gasteiger partial charge in [-0.15, -0.1) is 0 Å². The van der Waals surface area contributed by atoms with E-state index in [1.54, 1.807) is 0 Å². The van der Waals surface area contributed by atoms with Gasteiger partial charge in [-0.25, -0.2) is 0 Å². The molecule has 0 aliphatic carbocycles. The molecule has 0 fully saturated rings. The van der Waals surface area contributed by atoms with E-state index in [1.165, 1.54) is 5.56 Å². The van der Waals surface area contributed by atoms with E-state index in [-0.39, 0.29) is 11.6 Å². The highest BCUT2D eigenvalue weighted by Crippen LogP contribution is 2.32. The summed E-state index contributed by atoms with van der Waals surface area (Å²) < 4.78 is 5.88. The van der Waals surface area contributed by atoms with Crippen molar-refractivity contribution in [2.45, 2.75) is 58.5 Å². The number of nitrogen functional groups attached to an aromatic ring is 1. The van der Waals surface area contributed by atoms with E-state index in [1.807, 2.05) is 66.7 Å². The highest BCUT2D eigenvalue weighted by molar-refractivity contribution is 5.54. The monoisotopic (exact) mass is 418 g/mol. The summed E-state index contributed by atoms with van der Waals surface area (Å²) in [6, 6.07) is 25.8. The number of nitrogens with two attached hydrogens (primary N) is 1. The molecule has 4 nitrogen and oxygen atoms in total. The number of aliphatic hydroxyl groups excluding tert-OH is 1. The highest BCUT2D eigenvalue weighted by atomic mass is 16.5. The van der Waals surface area contributed by atoms with Crippen LogP contribution < -0.4 is 10.5 Å². The van der Waals surface area contributed by atoms with Crippen molar-refractivity contribution in [3.05, 3.63) is 95.6 Å². The van der Waals surface area contributed by atoms with Crippen molar-refractivity contribution >= 4 is 5.69 Å². The number of benzene rings is 3. The molecule has 3 aromatic rings. The van der Waals surface area contributed by atoms with Crippen LogP contribution in [0, 0.1) is 0 Å². The molecule has 0 radical (unpaired) electrons. The molecule has 2 atom stereocenters. The molecule has 3 aromatic carbocycles. The Labute approximate surface area is 186 Å². The van der Waals surface area contributed by atoms with Gasteiger partial charge in [0.1, 0.15) is 12.4 Å². The minimum atomic E-state index is -0.673. The predicted octanol–water partition coefficient (Wildman–Crippen LogP) is 5.57. The van der Waals surface area contributed by atoms with Gasteiger partial charge in [0.15, 0.2) is 0 Å². The van der Waals surface area contributed by atoms with Gasteiger partial charge in [0.2, 0.25) is 0 Å². The van der Waals surface area contributed by atoms with E-state index >= 15 is 0 Å². The highest BCUT2D eigenvalue weighted by Gasteiger charge is 2.31. The summed E-state index contributed by atoms with van der Waals surface area (Å²) in [6.45, 7) is 9.81. The fraction of sp³-hybridized carbons (Fsp3) is 0.333. The Balaban J connectivity index is 1.73. The third-order valence-corrected chi connectivity index (χ3v) is 5.62. The third kappa shape index (κ3) is 6.09. The van der Waals surface area contributed by atoms with E-state index in [0.717, 1.165) is 17.7 Å². The summed E-state index contributed by atoms with van der Waals surface area (Å²) >= 11 is 0. The van der Waals surface area contributed by atoms with Crippen LogP contribution in [0.2, 0.25) is 0 Å². The van der Waals surface area contributed by atoms with Gasteiger partial charge in [-0.3, -0.25) is 4.90 Å². The van der Waals surface area contributed by atoms with Gasteiger partial charge in [0, 0.05) is 18.1 Å². The van der Waals surface area contributed by atoms with Crippen molar-refractivity contribution < 1.29 is 9.84 Å². The van der Waals surface area contributed by atoms with Crippen molar-refractivity contribution in [3.8, 4) is 5.75 Å². The summed E-state index contributed by atoms with van der Waals surface area (Å²) in [5, 5.41) is 11.2. The van der Waals surface area contributed by atoms with Gasteiger partial charge in [0.25, 0.3) is 0 Å². The van der Waals surface area contributed by atoms with Crippen LogP contribution in [0.1, 0.15) is 50.5 Å². The summed E-state index contributed by atoms with van der Waals surface area (Å²) in [6.07, 6.45) is -0.673. The molecule has 0 heterocycles. The molecule has 0 aliphatic rings. The standard InChI is InChI=1S/C27H34N2O2/c1-20(29(27(2,3)4)18-21-11-7-5-8-12-21)26(30)23-15-16-25(24(28)17-23)31-19-22-13-9-6-10-14-22/h5-17,20,26,30H,18-19,28H2,1-4H3. The van der Waals surface area contributed by atoms with Crippen LogP contribution in [-0.2, 0) is 13.2 Å². The molecule has 164 valence electrons. The first-order valence-electron chi connectivity index (χ1n) is 10.8. The number of hydrogen-bond acceptors (Lipinski definition) is 4. The maximum absolute atomic E-state index is 11.2. The largest absolute Gasteiger partial charge is 0.487 e.